The fourth-order valence-corrected chi connectivity index (χ4v) is 2.02. The van der Waals surface area contributed by atoms with Crippen LogP contribution in [0.25, 0.3) is 0 Å². The summed E-state index contributed by atoms with van der Waals surface area (Å²) in [6, 6.07) is 1.87. The van der Waals surface area contributed by atoms with E-state index in [1.807, 2.05) is 6.07 Å². The van der Waals surface area contributed by atoms with Crippen LogP contribution in [0.4, 0.5) is 5.95 Å². The Kier molecular flexibility index (Phi) is 3.16. The van der Waals surface area contributed by atoms with Gasteiger partial charge < -0.3 is 10.6 Å². The van der Waals surface area contributed by atoms with Crippen molar-refractivity contribution in [2.75, 3.05) is 18.0 Å². The zero-order valence-corrected chi connectivity index (χ0v) is 9.19. The molecule has 1 unspecified atom stereocenters. The van der Waals surface area contributed by atoms with Gasteiger partial charge in [-0.1, -0.05) is 6.92 Å². The van der Waals surface area contributed by atoms with Crippen LogP contribution in [0.15, 0.2) is 12.3 Å². The standard InChI is InChI=1S/C11H18N4/c1-9-3-2-6-15(8-9)11-13-5-4-10(7-12)14-11/h4-5,9H,2-3,6-8,12H2,1H3. The van der Waals surface area contributed by atoms with Crippen LogP contribution in [0, 0.1) is 5.92 Å². The summed E-state index contributed by atoms with van der Waals surface area (Å²) in [4.78, 5) is 11.0. The van der Waals surface area contributed by atoms with Crippen molar-refractivity contribution >= 4 is 5.95 Å². The summed E-state index contributed by atoms with van der Waals surface area (Å²) in [6.45, 7) is 4.89. The highest BCUT2D eigenvalue weighted by atomic mass is 15.3. The van der Waals surface area contributed by atoms with Gasteiger partial charge in [-0.2, -0.15) is 0 Å². The van der Waals surface area contributed by atoms with Gasteiger partial charge in [0, 0.05) is 25.8 Å². The Morgan fingerprint density at radius 1 is 1.60 bits per heavy atom. The number of hydrogen-bond acceptors (Lipinski definition) is 4. The number of nitrogens with two attached hydrogens (primary N) is 1. The molecule has 1 aromatic heterocycles. The number of piperidine rings is 1. The second kappa shape index (κ2) is 4.57. The van der Waals surface area contributed by atoms with Crippen LogP contribution in [0.2, 0.25) is 0 Å². The molecule has 1 saturated heterocycles. The van der Waals surface area contributed by atoms with Crippen LogP contribution >= 0.6 is 0 Å². The first kappa shape index (κ1) is 10.4. The largest absolute Gasteiger partial charge is 0.341 e. The molecule has 1 aliphatic heterocycles. The van der Waals surface area contributed by atoms with Gasteiger partial charge in [0.1, 0.15) is 0 Å². The molecule has 1 aromatic rings. The van der Waals surface area contributed by atoms with Crippen LogP contribution in [0.3, 0.4) is 0 Å². The summed E-state index contributed by atoms with van der Waals surface area (Å²) in [5.41, 5.74) is 6.48. The summed E-state index contributed by atoms with van der Waals surface area (Å²) in [6.07, 6.45) is 4.34. The van der Waals surface area contributed by atoms with Gasteiger partial charge in [-0.05, 0) is 24.8 Å². The first-order valence-electron chi connectivity index (χ1n) is 5.56. The maximum Gasteiger partial charge on any atom is 0.225 e. The van der Waals surface area contributed by atoms with E-state index in [1.165, 1.54) is 12.8 Å². The fourth-order valence-electron chi connectivity index (χ4n) is 2.02. The molecule has 4 nitrogen and oxygen atoms in total. The van der Waals surface area contributed by atoms with E-state index in [2.05, 4.69) is 21.8 Å². The lowest BCUT2D eigenvalue weighted by Crippen LogP contribution is -2.35. The first-order valence-corrected chi connectivity index (χ1v) is 5.56. The number of nitrogens with zero attached hydrogens (tertiary/aromatic N) is 3. The zero-order chi connectivity index (χ0) is 10.7. The van der Waals surface area contributed by atoms with Gasteiger partial charge in [0.05, 0.1) is 5.69 Å². The van der Waals surface area contributed by atoms with Crippen molar-refractivity contribution in [2.45, 2.75) is 26.3 Å². The zero-order valence-electron chi connectivity index (χ0n) is 9.19. The van der Waals surface area contributed by atoms with Crippen molar-refractivity contribution in [1.29, 1.82) is 0 Å². The van der Waals surface area contributed by atoms with E-state index >= 15 is 0 Å². The summed E-state index contributed by atoms with van der Waals surface area (Å²) in [5, 5.41) is 0. The third-order valence-corrected chi connectivity index (χ3v) is 2.85. The van der Waals surface area contributed by atoms with Crippen LogP contribution in [-0.4, -0.2) is 23.1 Å². The maximum absolute atomic E-state index is 5.57. The number of hydrogen-bond donors (Lipinski definition) is 1. The Morgan fingerprint density at radius 3 is 3.20 bits per heavy atom. The lowest BCUT2D eigenvalue weighted by Gasteiger charge is -2.30. The fraction of sp³-hybridized carbons (Fsp3) is 0.636. The molecule has 0 saturated carbocycles. The molecule has 0 bridgehead atoms. The molecule has 0 spiro atoms. The molecule has 2 N–H and O–H groups in total. The highest BCUT2D eigenvalue weighted by Gasteiger charge is 2.18. The molecule has 0 aliphatic carbocycles. The maximum atomic E-state index is 5.57. The summed E-state index contributed by atoms with van der Waals surface area (Å²) in [5.74, 6) is 1.58. The summed E-state index contributed by atoms with van der Waals surface area (Å²) >= 11 is 0. The molecule has 1 atom stereocenters. The minimum absolute atomic E-state index is 0.485. The molecule has 0 radical (unpaired) electrons. The normalized spacial score (nSPS) is 21.7. The second-order valence-electron chi connectivity index (χ2n) is 4.25. The minimum atomic E-state index is 0.485. The molecule has 15 heavy (non-hydrogen) atoms. The Hall–Kier alpha value is -1.16. The van der Waals surface area contributed by atoms with Crippen molar-refractivity contribution in [3.05, 3.63) is 18.0 Å². The smallest absolute Gasteiger partial charge is 0.225 e. The minimum Gasteiger partial charge on any atom is -0.341 e. The quantitative estimate of drug-likeness (QED) is 0.789. The van der Waals surface area contributed by atoms with Crippen molar-refractivity contribution < 1.29 is 0 Å². The Morgan fingerprint density at radius 2 is 2.47 bits per heavy atom. The first-order chi connectivity index (χ1) is 7.29. The van der Waals surface area contributed by atoms with E-state index in [1.54, 1.807) is 6.20 Å². The molecule has 82 valence electrons. The van der Waals surface area contributed by atoms with Crippen LogP contribution in [-0.2, 0) is 6.54 Å². The molecule has 1 aliphatic rings. The second-order valence-corrected chi connectivity index (χ2v) is 4.25. The molecule has 0 amide bonds. The van der Waals surface area contributed by atoms with Crippen LogP contribution < -0.4 is 10.6 Å². The summed E-state index contributed by atoms with van der Waals surface area (Å²) in [7, 11) is 0. The molecule has 2 heterocycles. The van der Waals surface area contributed by atoms with E-state index in [4.69, 9.17) is 5.73 Å². The monoisotopic (exact) mass is 206 g/mol. The number of aromatic nitrogens is 2. The van der Waals surface area contributed by atoms with Gasteiger partial charge >= 0.3 is 0 Å². The van der Waals surface area contributed by atoms with E-state index in [0.29, 0.717) is 6.54 Å². The van der Waals surface area contributed by atoms with Crippen molar-refractivity contribution in [3.63, 3.8) is 0 Å². The van der Waals surface area contributed by atoms with Gasteiger partial charge in [-0.25, -0.2) is 9.97 Å². The van der Waals surface area contributed by atoms with Gasteiger partial charge in [0.2, 0.25) is 5.95 Å². The van der Waals surface area contributed by atoms with Crippen LogP contribution in [0.1, 0.15) is 25.5 Å². The molecule has 0 aromatic carbocycles. The molecular formula is C11H18N4. The number of anilines is 1. The third-order valence-electron chi connectivity index (χ3n) is 2.85. The van der Waals surface area contributed by atoms with Crippen molar-refractivity contribution in [1.82, 2.24) is 9.97 Å². The SMILES string of the molecule is CC1CCCN(c2nccc(CN)n2)C1. The highest BCUT2D eigenvalue weighted by Crippen LogP contribution is 2.19. The predicted molar refractivity (Wildman–Crippen MR) is 60.5 cm³/mol. The van der Waals surface area contributed by atoms with Crippen LogP contribution in [0.5, 0.6) is 0 Å². The molecule has 4 heteroatoms. The van der Waals surface area contributed by atoms with Gasteiger partial charge in [-0.3, -0.25) is 0 Å². The van der Waals surface area contributed by atoms with E-state index < -0.39 is 0 Å². The average Bonchev–Trinajstić information content (AvgIpc) is 2.29. The van der Waals surface area contributed by atoms with Gasteiger partial charge in [-0.15, -0.1) is 0 Å². The lowest BCUT2D eigenvalue weighted by molar-refractivity contribution is 0.441. The van der Waals surface area contributed by atoms with Crippen molar-refractivity contribution in [3.8, 4) is 0 Å². The van der Waals surface area contributed by atoms with Crippen molar-refractivity contribution in [2.24, 2.45) is 11.7 Å². The summed E-state index contributed by atoms with van der Waals surface area (Å²) < 4.78 is 0. The molecule has 1 fully saturated rings. The lowest BCUT2D eigenvalue weighted by atomic mass is 10.0. The molecular weight excluding hydrogens is 188 g/mol. The van der Waals surface area contributed by atoms with E-state index in [9.17, 15) is 0 Å². The Bertz CT molecular complexity index is 326. The number of rotatable bonds is 2. The topological polar surface area (TPSA) is 55.0 Å². The third kappa shape index (κ3) is 2.45. The van der Waals surface area contributed by atoms with Gasteiger partial charge in [0.25, 0.3) is 0 Å². The Balaban J connectivity index is 2.13. The predicted octanol–water partition coefficient (Wildman–Crippen LogP) is 1.17. The Labute approximate surface area is 90.5 Å². The molecule has 2 rings (SSSR count). The van der Waals surface area contributed by atoms with E-state index in [-0.39, 0.29) is 0 Å². The van der Waals surface area contributed by atoms with Gasteiger partial charge in [0.15, 0.2) is 0 Å². The average molecular weight is 206 g/mol. The highest BCUT2D eigenvalue weighted by molar-refractivity contribution is 5.30. The van der Waals surface area contributed by atoms with E-state index in [0.717, 1.165) is 30.6 Å².